The van der Waals surface area contributed by atoms with Gasteiger partial charge in [0.15, 0.2) is 11.2 Å². The van der Waals surface area contributed by atoms with E-state index in [2.05, 4.69) is 109 Å². The largest absolute Gasteiger partial charge is 0.436 e. The Morgan fingerprint density at radius 3 is 1.57 bits per heavy atom. The van der Waals surface area contributed by atoms with Crippen LogP contribution < -0.4 is 4.90 Å². The van der Waals surface area contributed by atoms with E-state index in [4.69, 9.17) is 18.8 Å². The van der Waals surface area contributed by atoms with Gasteiger partial charge in [0.25, 0.3) is 0 Å². The van der Waals surface area contributed by atoms with Crippen LogP contribution in [0.25, 0.3) is 62.3 Å². The fourth-order valence-corrected chi connectivity index (χ4v) is 5.95. The van der Waals surface area contributed by atoms with Gasteiger partial charge < -0.3 is 13.7 Å². The maximum atomic E-state index is 6.07. The quantitative estimate of drug-likeness (QED) is 0.148. The summed E-state index contributed by atoms with van der Waals surface area (Å²) in [5, 5.41) is 0. The second-order valence-corrected chi connectivity index (χ2v) is 11.5. The number of hydrogen-bond acceptors (Lipinski definition) is 5. The zero-order valence-electron chi connectivity index (χ0n) is 26.6. The van der Waals surface area contributed by atoms with Crippen molar-refractivity contribution in [2.75, 3.05) is 4.90 Å². The van der Waals surface area contributed by atoms with E-state index in [0.717, 1.165) is 67.1 Å². The van der Waals surface area contributed by atoms with Gasteiger partial charge in [-0.25, -0.2) is 9.97 Å². The third-order valence-corrected chi connectivity index (χ3v) is 8.34. The molecule has 8 aromatic rings. The standard InChI is InChI=1S/C44H31N3O2/c1-2-3-4-6-15-34-30-37(28-29-38(34)31-13-7-5-8-14-31)47(35-24-20-32(21-25-35)43-45-39-16-9-11-18-41(39)48-43)36-26-22-33(23-27-36)44-46-40-17-10-12-19-42(40)49-44/h2-30H,1H2/b4-3-,15-6+. The van der Waals surface area contributed by atoms with Crippen LogP contribution in [0.1, 0.15) is 5.56 Å². The summed E-state index contributed by atoms with van der Waals surface area (Å²) in [4.78, 5) is 11.7. The Balaban J connectivity index is 1.22. The molecule has 0 fully saturated rings. The van der Waals surface area contributed by atoms with E-state index >= 15 is 0 Å². The zero-order chi connectivity index (χ0) is 33.0. The Bertz CT molecular complexity index is 2270. The van der Waals surface area contributed by atoms with Gasteiger partial charge in [-0.1, -0.05) is 97.6 Å². The van der Waals surface area contributed by atoms with Crippen LogP contribution >= 0.6 is 0 Å². The van der Waals surface area contributed by atoms with Gasteiger partial charge in [-0.3, -0.25) is 0 Å². The molecule has 5 nitrogen and oxygen atoms in total. The molecule has 8 rings (SSSR count). The first-order valence-corrected chi connectivity index (χ1v) is 16.1. The van der Waals surface area contributed by atoms with Gasteiger partial charge >= 0.3 is 0 Å². The third-order valence-electron chi connectivity index (χ3n) is 8.34. The van der Waals surface area contributed by atoms with Crippen LogP contribution in [0.2, 0.25) is 0 Å². The topological polar surface area (TPSA) is 55.3 Å². The highest BCUT2D eigenvalue weighted by Gasteiger charge is 2.17. The molecule has 0 atom stereocenters. The van der Waals surface area contributed by atoms with Crippen LogP contribution in [0, 0.1) is 0 Å². The number of hydrogen-bond donors (Lipinski definition) is 0. The number of para-hydroxylation sites is 4. The minimum atomic E-state index is 0.592. The normalized spacial score (nSPS) is 11.6. The molecular weight excluding hydrogens is 603 g/mol. The average Bonchev–Trinajstić information content (AvgIpc) is 3.80. The van der Waals surface area contributed by atoms with Crippen molar-refractivity contribution in [3.05, 3.63) is 182 Å². The van der Waals surface area contributed by atoms with Gasteiger partial charge in [0.2, 0.25) is 11.8 Å². The lowest BCUT2D eigenvalue weighted by Crippen LogP contribution is -2.10. The number of oxazole rings is 2. The van der Waals surface area contributed by atoms with Crippen molar-refractivity contribution in [1.82, 2.24) is 9.97 Å². The number of allylic oxidation sites excluding steroid dienone is 4. The lowest BCUT2D eigenvalue weighted by atomic mass is 9.98. The molecule has 234 valence electrons. The van der Waals surface area contributed by atoms with E-state index in [0.29, 0.717) is 11.8 Å². The van der Waals surface area contributed by atoms with Crippen LogP contribution in [0.5, 0.6) is 0 Å². The number of anilines is 3. The molecule has 6 aromatic carbocycles. The summed E-state index contributed by atoms with van der Waals surface area (Å²) in [5.74, 6) is 1.18. The van der Waals surface area contributed by atoms with E-state index in [-0.39, 0.29) is 0 Å². The van der Waals surface area contributed by atoms with Crippen LogP contribution in [-0.2, 0) is 0 Å². The van der Waals surface area contributed by atoms with Gasteiger partial charge in [0.05, 0.1) is 0 Å². The van der Waals surface area contributed by atoms with E-state index in [1.165, 1.54) is 0 Å². The van der Waals surface area contributed by atoms with Gasteiger partial charge in [-0.15, -0.1) is 0 Å². The summed E-state index contributed by atoms with van der Waals surface area (Å²) in [7, 11) is 0. The summed E-state index contributed by atoms with van der Waals surface area (Å²) in [6, 6.07) is 49.3. The Kier molecular flexibility index (Phi) is 7.98. The molecule has 0 spiro atoms. The molecule has 0 radical (unpaired) electrons. The lowest BCUT2D eigenvalue weighted by Gasteiger charge is -2.26. The number of benzene rings is 6. The molecular formula is C44H31N3O2. The van der Waals surface area contributed by atoms with E-state index in [1.807, 2.05) is 72.8 Å². The van der Waals surface area contributed by atoms with Gasteiger partial charge in [-0.05, 0) is 102 Å². The predicted molar refractivity (Wildman–Crippen MR) is 201 cm³/mol. The highest BCUT2D eigenvalue weighted by Crippen LogP contribution is 2.39. The highest BCUT2D eigenvalue weighted by atomic mass is 16.4. The van der Waals surface area contributed by atoms with Gasteiger partial charge in [-0.2, -0.15) is 0 Å². The van der Waals surface area contributed by atoms with Crippen LogP contribution in [0.4, 0.5) is 17.1 Å². The second-order valence-electron chi connectivity index (χ2n) is 11.5. The van der Waals surface area contributed by atoms with E-state index < -0.39 is 0 Å². The van der Waals surface area contributed by atoms with E-state index in [1.54, 1.807) is 6.08 Å². The molecule has 0 aliphatic heterocycles. The molecule has 2 heterocycles. The monoisotopic (exact) mass is 633 g/mol. The SMILES string of the molecule is C=C/C=C\C=C\c1cc(N(c2ccc(-c3nc4ccccc4o3)cc2)c2ccc(-c3nc4ccccc4o3)cc2)ccc1-c1ccccc1. The lowest BCUT2D eigenvalue weighted by molar-refractivity contribution is 0.619. The Hall–Kier alpha value is -6.72. The molecule has 2 aromatic heterocycles. The smallest absolute Gasteiger partial charge is 0.227 e. The molecule has 0 saturated heterocycles. The molecule has 0 saturated carbocycles. The van der Waals surface area contributed by atoms with Crippen molar-refractivity contribution in [1.29, 1.82) is 0 Å². The zero-order valence-corrected chi connectivity index (χ0v) is 26.6. The maximum absolute atomic E-state index is 6.07. The van der Waals surface area contributed by atoms with Crippen molar-refractivity contribution in [3.63, 3.8) is 0 Å². The van der Waals surface area contributed by atoms with Gasteiger partial charge in [0.1, 0.15) is 11.0 Å². The number of aromatic nitrogens is 2. The summed E-state index contributed by atoms with van der Waals surface area (Å²) in [6.07, 6.45) is 9.86. The average molecular weight is 634 g/mol. The summed E-state index contributed by atoms with van der Waals surface area (Å²) < 4.78 is 12.1. The Morgan fingerprint density at radius 1 is 0.490 bits per heavy atom. The van der Waals surface area contributed by atoms with Crippen LogP contribution in [0.3, 0.4) is 0 Å². The fraction of sp³-hybridized carbons (Fsp3) is 0. The summed E-state index contributed by atoms with van der Waals surface area (Å²) in [6.45, 7) is 3.80. The van der Waals surface area contributed by atoms with Crippen molar-refractivity contribution >= 4 is 45.3 Å². The van der Waals surface area contributed by atoms with E-state index in [9.17, 15) is 0 Å². The molecule has 0 bridgehead atoms. The summed E-state index contributed by atoms with van der Waals surface area (Å²) in [5.41, 5.74) is 11.4. The molecule has 0 amide bonds. The highest BCUT2D eigenvalue weighted by molar-refractivity contribution is 5.85. The van der Waals surface area contributed by atoms with Crippen molar-refractivity contribution < 1.29 is 8.83 Å². The number of nitrogens with zero attached hydrogens (tertiary/aromatic N) is 3. The maximum Gasteiger partial charge on any atom is 0.227 e. The summed E-state index contributed by atoms with van der Waals surface area (Å²) >= 11 is 0. The number of fused-ring (bicyclic) bond motifs is 2. The van der Waals surface area contributed by atoms with Crippen molar-refractivity contribution in [2.24, 2.45) is 0 Å². The molecule has 0 aliphatic carbocycles. The Labute approximate surface area is 284 Å². The first-order valence-electron chi connectivity index (χ1n) is 16.1. The predicted octanol–water partition coefficient (Wildman–Crippen LogP) is 12.2. The molecule has 0 aliphatic rings. The van der Waals surface area contributed by atoms with Crippen molar-refractivity contribution in [2.45, 2.75) is 0 Å². The van der Waals surface area contributed by atoms with Crippen LogP contribution in [-0.4, -0.2) is 9.97 Å². The van der Waals surface area contributed by atoms with Crippen molar-refractivity contribution in [3.8, 4) is 34.0 Å². The fourth-order valence-electron chi connectivity index (χ4n) is 5.95. The first kappa shape index (κ1) is 29.7. The van der Waals surface area contributed by atoms with Gasteiger partial charge in [0, 0.05) is 28.2 Å². The Morgan fingerprint density at radius 2 is 1.02 bits per heavy atom. The molecule has 49 heavy (non-hydrogen) atoms. The molecule has 0 N–H and O–H groups in total. The first-order chi connectivity index (χ1) is 24.2. The second kappa shape index (κ2) is 13.2. The molecule has 0 unspecified atom stereocenters. The number of rotatable bonds is 9. The molecule has 5 heteroatoms. The van der Waals surface area contributed by atoms with Crippen LogP contribution in [0.15, 0.2) is 185 Å². The minimum absolute atomic E-state index is 0.592. The minimum Gasteiger partial charge on any atom is -0.436 e. The third kappa shape index (κ3) is 6.09.